The Labute approximate surface area is 126 Å². The topological polar surface area (TPSA) is 12.0 Å². The van der Waals surface area contributed by atoms with Gasteiger partial charge in [0.1, 0.15) is 11.6 Å². The molecule has 0 saturated carbocycles. The highest BCUT2D eigenvalue weighted by molar-refractivity contribution is 9.10. The Morgan fingerprint density at radius 1 is 1.00 bits per heavy atom. The largest absolute Gasteiger partial charge is 0.306 e. The molecule has 0 saturated heterocycles. The summed E-state index contributed by atoms with van der Waals surface area (Å²) in [7, 11) is 0. The number of hydrogen-bond donors (Lipinski definition) is 1. The van der Waals surface area contributed by atoms with E-state index < -0.39 is 0 Å². The number of hydrogen-bond acceptors (Lipinski definition) is 1. The zero-order valence-electron chi connectivity index (χ0n) is 11.2. The maximum atomic E-state index is 13.6. The minimum absolute atomic E-state index is 0.150. The summed E-state index contributed by atoms with van der Waals surface area (Å²) >= 11 is 3.31. The Hall–Kier alpha value is -1.26. The maximum absolute atomic E-state index is 13.6. The third kappa shape index (κ3) is 3.87. The van der Waals surface area contributed by atoms with Crippen molar-refractivity contribution in [2.75, 3.05) is 6.54 Å². The second kappa shape index (κ2) is 6.95. The summed E-state index contributed by atoms with van der Waals surface area (Å²) in [6.45, 7) is 2.87. The second-order valence-corrected chi connectivity index (χ2v) is 5.56. The van der Waals surface area contributed by atoms with E-state index in [9.17, 15) is 8.78 Å². The van der Waals surface area contributed by atoms with E-state index in [0.717, 1.165) is 24.1 Å². The minimum atomic E-state index is -0.292. The molecule has 0 bridgehead atoms. The molecular formula is C16H16BrF2N. The highest BCUT2D eigenvalue weighted by Gasteiger charge is 2.15. The van der Waals surface area contributed by atoms with Crippen LogP contribution in [0.3, 0.4) is 0 Å². The van der Waals surface area contributed by atoms with Crippen molar-refractivity contribution in [3.05, 3.63) is 69.7 Å². The molecule has 2 aromatic carbocycles. The monoisotopic (exact) mass is 339 g/mol. The van der Waals surface area contributed by atoms with Crippen molar-refractivity contribution < 1.29 is 8.78 Å². The van der Waals surface area contributed by atoms with E-state index in [1.165, 1.54) is 24.3 Å². The van der Waals surface area contributed by atoms with Gasteiger partial charge >= 0.3 is 0 Å². The van der Waals surface area contributed by atoms with E-state index in [4.69, 9.17) is 0 Å². The summed E-state index contributed by atoms with van der Waals surface area (Å²) in [6, 6.07) is 10.9. The molecule has 2 aromatic rings. The van der Waals surface area contributed by atoms with Gasteiger partial charge in [0.25, 0.3) is 0 Å². The van der Waals surface area contributed by atoms with Gasteiger partial charge in [-0.15, -0.1) is 0 Å². The zero-order chi connectivity index (χ0) is 14.5. The first-order valence-electron chi connectivity index (χ1n) is 6.55. The van der Waals surface area contributed by atoms with Gasteiger partial charge in [-0.05, 0) is 54.4 Å². The van der Waals surface area contributed by atoms with Gasteiger partial charge < -0.3 is 5.32 Å². The molecule has 0 amide bonds. The van der Waals surface area contributed by atoms with E-state index in [2.05, 4.69) is 28.2 Å². The Balaban J connectivity index is 2.38. The van der Waals surface area contributed by atoms with Crippen LogP contribution in [0, 0.1) is 11.6 Å². The van der Waals surface area contributed by atoms with Crippen LogP contribution < -0.4 is 5.32 Å². The normalized spacial score (nSPS) is 12.4. The molecule has 0 spiro atoms. The molecule has 0 aromatic heterocycles. The SMILES string of the molecule is CCCNC(c1ccc(F)cc1)c1cc(F)cc(Br)c1. The molecule has 0 heterocycles. The van der Waals surface area contributed by atoms with Crippen LogP contribution in [-0.4, -0.2) is 6.54 Å². The average molecular weight is 340 g/mol. The lowest BCUT2D eigenvalue weighted by atomic mass is 9.98. The van der Waals surface area contributed by atoms with Crippen LogP contribution in [0.2, 0.25) is 0 Å². The van der Waals surface area contributed by atoms with Crippen molar-refractivity contribution in [1.82, 2.24) is 5.32 Å². The fraction of sp³-hybridized carbons (Fsp3) is 0.250. The Kier molecular flexibility index (Phi) is 5.26. The fourth-order valence-corrected chi connectivity index (χ4v) is 2.60. The van der Waals surface area contributed by atoms with Gasteiger partial charge in [-0.2, -0.15) is 0 Å². The molecule has 0 aliphatic carbocycles. The van der Waals surface area contributed by atoms with Crippen LogP contribution in [0.25, 0.3) is 0 Å². The predicted octanol–water partition coefficient (Wildman–Crippen LogP) is 4.82. The van der Waals surface area contributed by atoms with Crippen LogP contribution in [-0.2, 0) is 0 Å². The Morgan fingerprint density at radius 2 is 1.70 bits per heavy atom. The summed E-state index contributed by atoms with van der Waals surface area (Å²) in [6.07, 6.45) is 0.966. The molecule has 1 N–H and O–H groups in total. The Morgan fingerprint density at radius 3 is 2.30 bits per heavy atom. The van der Waals surface area contributed by atoms with E-state index in [0.29, 0.717) is 4.47 Å². The molecule has 4 heteroatoms. The summed E-state index contributed by atoms with van der Waals surface area (Å²) in [5.41, 5.74) is 1.73. The summed E-state index contributed by atoms with van der Waals surface area (Å²) < 4.78 is 27.3. The first kappa shape index (κ1) is 15.1. The summed E-state index contributed by atoms with van der Waals surface area (Å²) in [5.74, 6) is -0.566. The fourth-order valence-electron chi connectivity index (χ4n) is 2.11. The lowest BCUT2D eigenvalue weighted by molar-refractivity contribution is 0.581. The van der Waals surface area contributed by atoms with Gasteiger partial charge in [0.15, 0.2) is 0 Å². The van der Waals surface area contributed by atoms with E-state index in [1.807, 2.05) is 6.07 Å². The lowest BCUT2D eigenvalue weighted by Gasteiger charge is -2.20. The van der Waals surface area contributed by atoms with Crippen molar-refractivity contribution in [1.29, 1.82) is 0 Å². The summed E-state index contributed by atoms with van der Waals surface area (Å²) in [4.78, 5) is 0. The number of halogens is 3. The molecule has 20 heavy (non-hydrogen) atoms. The zero-order valence-corrected chi connectivity index (χ0v) is 12.8. The maximum Gasteiger partial charge on any atom is 0.124 e. The quantitative estimate of drug-likeness (QED) is 0.823. The van der Waals surface area contributed by atoms with Gasteiger partial charge in [0.05, 0.1) is 6.04 Å². The molecule has 0 aliphatic heterocycles. The van der Waals surface area contributed by atoms with Crippen LogP contribution in [0.4, 0.5) is 8.78 Å². The van der Waals surface area contributed by atoms with E-state index in [-0.39, 0.29) is 17.7 Å². The van der Waals surface area contributed by atoms with Crippen molar-refractivity contribution in [2.45, 2.75) is 19.4 Å². The molecule has 1 atom stereocenters. The van der Waals surface area contributed by atoms with Crippen molar-refractivity contribution >= 4 is 15.9 Å². The predicted molar refractivity (Wildman–Crippen MR) is 80.6 cm³/mol. The number of nitrogens with one attached hydrogen (secondary N) is 1. The third-order valence-corrected chi connectivity index (χ3v) is 3.48. The summed E-state index contributed by atoms with van der Waals surface area (Å²) in [5, 5.41) is 3.37. The van der Waals surface area contributed by atoms with Gasteiger partial charge in [0.2, 0.25) is 0 Å². The number of benzene rings is 2. The van der Waals surface area contributed by atoms with Gasteiger partial charge in [-0.25, -0.2) is 8.78 Å². The molecule has 2 rings (SSSR count). The second-order valence-electron chi connectivity index (χ2n) is 4.64. The van der Waals surface area contributed by atoms with E-state index >= 15 is 0 Å². The van der Waals surface area contributed by atoms with Crippen LogP contribution >= 0.6 is 15.9 Å². The number of rotatable bonds is 5. The third-order valence-electron chi connectivity index (χ3n) is 3.02. The first-order valence-corrected chi connectivity index (χ1v) is 7.34. The lowest BCUT2D eigenvalue weighted by Crippen LogP contribution is -2.23. The van der Waals surface area contributed by atoms with Gasteiger partial charge in [0, 0.05) is 4.47 Å². The molecular weight excluding hydrogens is 324 g/mol. The smallest absolute Gasteiger partial charge is 0.124 e. The minimum Gasteiger partial charge on any atom is -0.306 e. The van der Waals surface area contributed by atoms with Crippen molar-refractivity contribution in [3.63, 3.8) is 0 Å². The standard InChI is InChI=1S/C16H16BrF2N/c1-2-7-20-16(11-3-5-14(18)6-4-11)12-8-13(17)10-15(19)9-12/h3-6,8-10,16,20H,2,7H2,1H3. The molecule has 1 nitrogen and oxygen atoms in total. The highest BCUT2D eigenvalue weighted by atomic mass is 79.9. The Bertz CT molecular complexity index is 549. The van der Waals surface area contributed by atoms with Crippen LogP contribution in [0.5, 0.6) is 0 Å². The van der Waals surface area contributed by atoms with E-state index in [1.54, 1.807) is 12.1 Å². The molecule has 0 aliphatic rings. The van der Waals surface area contributed by atoms with Crippen LogP contribution in [0.1, 0.15) is 30.5 Å². The average Bonchev–Trinajstić information content (AvgIpc) is 2.40. The molecule has 0 radical (unpaired) electrons. The first-order chi connectivity index (χ1) is 9.60. The van der Waals surface area contributed by atoms with Crippen molar-refractivity contribution in [3.8, 4) is 0 Å². The van der Waals surface area contributed by atoms with Crippen molar-refractivity contribution in [2.24, 2.45) is 0 Å². The highest BCUT2D eigenvalue weighted by Crippen LogP contribution is 2.26. The molecule has 0 fully saturated rings. The van der Waals surface area contributed by atoms with Crippen LogP contribution in [0.15, 0.2) is 46.9 Å². The molecule has 106 valence electrons. The molecule has 1 unspecified atom stereocenters. The van der Waals surface area contributed by atoms with Gasteiger partial charge in [-0.1, -0.05) is 35.0 Å². The van der Waals surface area contributed by atoms with Gasteiger partial charge in [-0.3, -0.25) is 0 Å².